The maximum Gasteiger partial charge on any atom is 0.139 e. The highest BCUT2D eigenvalue weighted by atomic mass is 16.5. The van der Waals surface area contributed by atoms with E-state index >= 15 is 0 Å². The van der Waals surface area contributed by atoms with Crippen molar-refractivity contribution in [3.05, 3.63) is 0 Å². The summed E-state index contributed by atoms with van der Waals surface area (Å²) in [6.07, 6.45) is 4.48. The summed E-state index contributed by atoms with van der Waals surface area (Å²) in [4.78, 5) is 0. The molecule has 0 spiro atoms. The second kappa shape index (κ2) is 5.29. The van der Waals surface area contributed by atoms with Crippen LogP contribution in [0.25, 0.3) is 0 Å². The molecule has 0 aromatic heterocycles. The highest BCUT2D eigenvalue weighted by Crippen LogP contribution is 2.49. The lowest BCUT2D eigenvalue weighted by atomic mass is 9.64. The Kier molecular flexibility index (Phi) is 4.06. The largest absolute Gasteiger partial charge is 0.409 e. The molecule has 0 aromatic carbocycles. The third-order valence-electron chi connectivity index (χ3n) is 4.91. The summed E-state index contributed by atoms with van der Waals surface area (Å²) in [5, 5.41) is 15.4. The van der Waals surface area contributed by atoms with Crippen molar-refractivity contribution in [3.8, 4) is 0 Å². The molecule has 2 fully saturated rings. The zero-order valence-corrected chi connectivity index (χ0v) is 12.3. The Balaban J connectivity index is 1.78. The maximum absolute atomic E-state index is 8.66. The van der Waals surface area contributed by atoms with Gasteiger partial charge in [-0.25, -0.2) is 0 Å². The Morgan fingerprint density at radius 3 is 2.63 bits per heavy atom. The summed E-state index contributed by atoms with van der Waals surface area (Å²) in [6, 6.07) is 0.508. The average molecular weight is 269 g/mol. The van der Waals surface area contributed by atoms with E-state index in [1.807, 2.05) is 6.92 Å². The summed E-state index contributed by atoms with van der Waals surface area (Å²) in [5.41, 5.74) is 6.04. The van der Waals surface area contributed by atoms with Gasteiger partial charge in [0.05, 0.1) is 6.10 Å². The summed E-state index contributed by atoms with van der Waals surface area (Å²) >= 11 is 0. The van der Waals surface area contributed by atoms with Crippen LogP contribution in [-0.4, -0.2) is 36.3 Å². The Labute approximate surface area is 115 Å². The quantitative estimate of drug-likeness (QED) is 0.284. The third-order valence-corrected chi connectivity index (χ3v) is 4.91. The first-order chi connectivity index (χ1) is 8.93. The lowest BCUT2D eigenvalue weighted by molar-refractivity contribution is -0.114. The number of hydrogen-bond donors (Lipinski definition) is 3. The molecule has 2 aliphatic rings. The molecule has 5 nitrogen and oxygen atoms in total. The summed E-state index contributed by atoms with van der Waals surface area (Å²) in [7, 11) is 0. The fourth-order valence-corrected chi connectivity index (χ4v) is 3.07. The molecule has 0 saturated heterocycles. The van der Waals surface area contributed by atoms with Gasteiger partial charge in [0.2, 0.25) is 0 Å². The smallest absolute Gasteiger partial charge is 0.139 e. The van der Waals surface area contributed by atoms with E-state index < -0.39 is 0 Å². The van der Waals surface area contributed by atoms with Gasteiger partial charge in [-0.2, -0.15) is 0 Å². The van der Waals surface area contributed by atoms with Crippen LogP contribution in [0.3, 0.4) is 0 Å². The van der Waals surface area contributed by atoms with Gasteiger partial charge >= 0.3 is 0 Å². The van der Waals surface area contributed by atoms with E-state index in [1.54, 1.807) is 0 Å². The molecule has 2 aliphatic carbocycles. The zero-order valence-electron chi connectivity index (χ0n) is 12.3. The van der Waals surface area contributed by atoms with Gasteiger partial charge in [-0.15, -0.1) is 0 Å². The van der Waals surface area contributed by atoms with Gasteiger partial charge in [0.15, 0.2) is 0 Å². The van der Waals surface area contributed by atoms with E-state index in [9.17, 15) is 0 Å². The van der Waals surface area contributed by atoms with Gasteiger partial charge in [-0.3, -0.25) is 0 Å². The minimum Gasteiger partial charge on any atom is -0.409 e. The molecule has 2 rings (SSSR count). The first-order valence-electron chi connectivity index (χ1n) is 7.25. The topological polar surface area (TPSA) is 79.9 Å². The van der Waals surface area contributed by atoms with Crippen molar-refractivity contribution in [2.24, 2.45) is 21.7 Å². The molecular weight excluding hydrogens is 242 g/mol. The maximum atomic E-state index is 8.66. The molecule has 2 unspecified atom stereocenters. The number of hydrogen-bond acceptors (Lipinski definition) is 4. The molecule has 2 saturated carbocycles. The van der Waals surface area contributed by atoms with E-state index in [4.69, 9.17) is 15.7 Å². The van der Waals surface area contributed by atoms with Crippen LogP contribution in [-0.2, 0) is 4.74 Å². The van der Waals surface area contributed by atoms with Crippen molar-refractivity contribution in [2.75, 3.05) is 13.2 Å². The van der Waals surface area contributed by atoms with E-state index in [0.717, 1.165) is 32.4 Å². The molecule has 0 heterocycles. The van der Waals surface area contributed by atoms with Gasteiger partial charge in [0, 0.05) is 31.0 Å². The lowest BCUT2D eigenvalue weighted by Gasteiger charge is -2.52. The highest BCUT2D eigenvalue weighted by Gasteiger charge is 2.50. The van der Waals surface area contributed by atoms with Crippen LogP contribution in [0.4, 0.5) is 0 Å². The molecule has 0 aliphatic heterocycles. The SMILES string of the molecule is CCOC1CC(NCC2(CC(N)=NO)CC2)C1(C)C. The van der Waals surface area contributed by atoms with E-state index in [-0.39, 0.29) is 10.8 Å². The average Bonchev–Trinajstić information content (AvgIpc) is 3.12. The second-order valence-corrected chi connectivity index (χ2v) is 6.70. The molecule has 2 atom stereocenters. The number of rotatable bonds is 7. The number of amidine groups is 1. The number of ether oxygens (including phenoxy) is 1. The third kappa shape index (κ3) is 3.03. The molecule has 5 heteroatoms. The summed E-state index contributed by atoms with van der Waals surface area (Å²) in [5.74, 6) is 0.347. The normalized spacial score (nSPS) is 31.8. The molecule has 0 amide bonds. The molecule has 0 bridgehead atoms. The first-order valence-corrected chi connectivity index (χ1v) is 7.25. The van der Waals surface area contributed by atoms with Gasteiger partial charge in [0.25, 0.3) is 0 Å². The second-order valence-electron chi connectivity index (χ2n) is 6.70. The number of nitrogens with zero attached hydrogens (tertiary/aromatic N) is 1. The Hall–Kier alpha value is -0.810. The van der Waals surface area contributed by atoms with Crippen LogP contribution < -0.4 is 11.1 Å². The van der Waals surface area contributed by atoms with Crippen molar-refractivity contribution >= 4 is 5.84 Å². The van der Waals surface area contributed by atoms with Gasteiger partial charge < -0.3 is 21.0 Å². The molecule has 19 heavy (non-hydrogen) atoms. The molecule has 4 N–H and O–H groups in total. The molecule has 0 radical (unpaired) electrons. The van der Waals surface area contributed by atoms with E-state index in [0.29, 0.717) is 24.4 Å². The van der Waals surface area contributed by atoms with Crippen LogP contribution in [0.1, 0.15) is 46.5 Å². The number of nitrogens with one attached hydrogen (secondary N) is 1. The van der Waals surface area contributed by atoms with Crippen molar-refractivity contribution < 1.29 is 9.94 Å². The minimum atomic E-state index is 0.197. The fraction of sp³-hybridized carbons (Fsp3) is 0.929. The number of oxime groups is 1. The molecule has 0 aromatic rings. The lowest BCUT2D eigenvalue weighted by Crippen LogP contribution is -2.61. The summed E-state index contributed by atoms with van der Waals surface area (Å²) < 4.78 is 5.74. The molecular formula is C14H27N3O2. The van der Waals surface area contributed by atoms with Crippen molar-refractivity contribution in [1.29, 1.82) is 0 Å². The standard InChI is InChI=1S/C14H27N3O2/c1-4-19-11-7-10(13(11,2)3)16-9-14(5-6-14)8-12(15)17-18/h10-11,16,18H,4-9H2,1-3H3,(H2,15,17). The predicted molar refractivity (Wildman–Crippen MR) is 75.3 cm³/mol. The Bertz CT molecular complexity index is 351. The highest BCUT2D eigenvalue weighted by molar-refractivity contribution is 5.80. The van der Waals surface area contributed by atoms with Crippen LogP contribution in [0.15, 0.2) is 5.16 Å². The summed E-state index contributed by atoms with van der Waals surface area (Å²) in [6.45, 7) is 8.31. The van der Waals surface area contributed by atoms with Crippen LogP contribution in [0, 0.1) is 10.8 Å². The van der Waals surface area contributed by atoms with Crippen molar-refractivity contribution in [3.63, 3.8) is 0 Å². The van der Waals surface area contributed by atoms with Crippen LogP contribution in [0.2, 0.25) is 0 Å². The monoisotopic (exact) mass is 269 g/mol. The van der Waals surface area contributed by atoms with Gasteiger partial charge in [0.1, 0.15) is 5.84 Å². The Morgan fingerprint density at radius 2 is 2.16 bits per heavy atom. The zero-order chi connectivity index (χ0) is 14.1. The van der Waals surface area contributed by atoms with Crippen molar-refractivity contribution in [2.45, 2.75) is 58.6 Å². The minimum absolute atomic E-state index is 0.197. The van der Waals surface area contributed by atoms with E-state index in [2.05, 4.69) is 24.3 Å². The van der Waals surface area contributed by atoms with Gasteiger partial charge in [-0.05, 0) is 31.6 Å². The van der Waals surface area contributed by atoms with Gasteiger partial charge in [-0.1, -0.05) is 19.0 Å². The first kappa shape index (κ1) is 14.6. The van der Waals surface area contributed by atoms with Crippen LogP contribution >= 0.6 is 0 Å². The Morgan fingerprint density at radius 1 is 1.47 bits per heavy atom. The fourth-order valence-electron chi connectivity index (χ4n) is 3.07. The predicted octanol–water partition coefficient (Wildman–Crippen LogP) is 1.70. The van der Waals surface area contributed by atoms with E-state index in [1.165, 1.54) is 0 Å². The molecule has 110 valence electrons. The van der Waals surface area contributed by atoms with Crippen molar-refractivity contribution in [1.82, 2.24) is 5.32 Å². The number of nitrogens with two attached hydrogens (primary N) is 1. The van der Waals surface area contributed by atoms with Crippen LogP contribution in [0.5, 0.6) is 0 Å².